The maximum atomic E-state index is 11.1. The molecule has 96 valence electrons. The largest absolute Gasteiger partial charge is 0.497 e. The molecule has 0 saturated heterocycles. The number of rotatable bonds is 6. The molecule has 0 bridgehead atoms. The molecule has 0 aliphatic carbocycles. The third kappa shape index (κ3) is 5.54. The Labute approximate surface area is 109 Å². The number of carbonyl (C=O) groups is 1. The summed E-state index contributed by atoms with van der Waals surface area (Å²) in [6.45, 7) is 1.91. The predicted octanol–water partition coefficient (Wildman–Crippen LogP) is 3.59. The fourth-order valence-electron chi connectivity index (χ4n) is 1.55. The van der Waals surface area contributed by atoms with Crippen molar-refractivity contribution >= 4 is 5.78 Å². The van der Waals surface area contributed by atoms with Gasteiger partial charge in [0.1, 0.15) is 11.5 Å². The van der Waals surface area contributed by atoms with E-state index in [-0.39, 0.29) is 0 Å². The van der Waals surface area contributed by atoms with E-state index in [4.69, 9.17) is 4.74 Å². The van der Waals surface area contributed by atoms with E-state index in [1.807, 2.05) is 31.2 Å². The van der Waals surface area contributed by atoms with Crippen LogP contribution in [0.25, 0.3) is 0 Å². The predicted molar refractivity (Wildman–Crippen MR) is 73.6 cm³/mol. The second kappa shape index (κ2) is 8.36. The molecule has 0 aliphatic heterocycles. The number of unbranched alkanes of at least 4 members (excludes halogenated alkanes) is 2. The molecule has 0 aromatic heterocycles. The first kappa shape index (κ1) is 14.3. The van der Waals surface area contributed by atoms with Crippen LogP contribution in [0.5, 0.6) is 5.75 Å². The minimum atomic E-state index is 0.345. The summed E-state index contributed by atoms with van der Waals surface area (Å²) in [5, 5.41) is 0. The minimum Gasteiger partial charge on any atom is -0.497 e. The van der Waals surface area contributed by atoms with Crippen molar-refractivity contribution in [3.8, 4) is 17.6 Å². The van der Waals surface area contributed by atoms with Crippen molar-refractivity contribution in [1.82, 2.24) is 0 Å². The third-order valence-corrected chi connectivity index (χ3v) is 2.72. The molecule has 0 atom stereocenters. The van der Waals surface area contributed by atoms with Crippen molar-refractivity contribution in [1.29, 1.82) is 0 Å². The summed E-state index contributed by atoms with van der Waals surface area (Å²) in [5.74, 6) is 7.43. The molecular weight excluding hydrogens is 224 g/mol. The first-order chi connectivity index (χ1) is 8.76. The molecule has 0 aliphatic rings. The summed E-state index contributed by atoms with van der Waals surface area (Å²) in [4.78, 5) is 11.1. The molecule has 2 nitrogen and oxygen atoms in total. The Kier molecular flexibility index (Phi) is 6.64. The summed E-state index contributed by atoms with van der Waals surface area (Å²) in [7, 11) is 1.65. The average molecular weight is 244 g/mol. The molecule has 0 radical (unpaired) electrons. The number of ketones is 1. The summed E-state index contributed by atoms with van der Waals surface area (Å²) in [6.07, 6.45) is 4.14. The first-order valence-corrected chi connectivity index (χ1v) is 6.41. The molecule has 1 aromatic carbocycles. The summed E-state index contributed by atoms with van der Waals surface area (Å²) >= 11 is 0. The highest BCUT2D eigenvalue weighted by molar-refractivity contribution is 5.77. The first-order valence-electron chi connectivity index (χ1n) is 6.41. The number of Topliss-reactive ketones (excluding diaryl/α,β-unsaturated/α-hetero) is 1. The van der Waals surface area contributed by atoms with Gasteiger partial charge in [-0.25, -0.2) is 0 Å². The van der Waals surface area contributed by atoms with Gasteiger partial charge in [0, 0.05) is 24.8 Å². The molecule has 0 fully saturated rings. The molecule has 18 heavy (non-hydrogen) atoms. The standard InChI is InChI=1S/C16H20O2/c1-3-15(17)9-7-5-4-6-8-14-10-12-16(18-2)13-11-14/h10-13H,3-5,7,9H2,1-2H3. The van der Waals surface area contributed by atoms with Crippen molar-refractivity contribution in [2.24, 2.45) is 0 Å². The lowest BCUT2D eigenvalue weighted by atomic mass is 10.1. The minimum absolute atomic E-state index is 0.345. The third-order valence-electron chi connectivity index (χ3n) is 2.72. The molecule has 0 saturated carbocycles. The van der Waals surface area contributed by atoms with Gasteiger partial charge >= 0.3 is 0 Å². The Morgan fingerprint density at radius 1 is 1.22 bits per heavy atom. The Morgan fingerprint density at radius 2 is 1.94 bits per heavy atom. The summed E-state index contributed by atoms with van der Waals surface area (Å²) < 4.78 is 5.08. The zero-order valence-electron chi connectivity index (χ0n) is 11.2. The van der Waals surface area contributed by atoms with E-state index in [1.165, 1.54) is 0 Å². The van der Waals surface area contributed by atoms with Crippen LogP contribution in [0.1, 0.15) is 44.6 Å². The van der Waals surface area contributed by atoms with Crippen LogP contribution in [0.2, 0.25) is 0 Å². The van der Waals surface area contributed by atoms with Gasteiger partial charge in [0.2, 0.25) is 0 Å². The number of ether oxygens (including phenoxy) is 1. The van der Waals surface area contributed by atoms with E-state index in [1.54, 1.807) is 7.11 Å². The maximum absolute atomic E-state index is 11.1. The zero-order chi connectivity index (χ0) is 13.2. The molecule has 0 unspecified atom stereocenters. The highest BCUT2D eigenvalue weighted by Gasteiger charge is 1.96. The normalized spacial score (nSPS) is 9.44. The molecule has 2 heteroatoms. The van der Waals surface area contributed by atoms with Crippen molar-refractivity contribution in [3.63, 3.8) is 0 Å². The van der Waals surface area contributed by atoms with Gasteiger partial charge in [-0.15, -0.1) is 0 Å². The highest BCUT2D eigenvalue weighted by Crippen LogP contribution is 2.10. The van der Waals surface area contributed by atoms with Crippen LogP contribution in [-0.4, -0.2) is 12.9 Å². The van der Waals surface area contributed by atoms with Crippen molar-refractivity contribution in [2.45, 2.75) is 39.0 Å². The van der Waals surface area contributed by atoms with Crippen LogP contribution < -0.4 is 4.74 Å². The van der Waals surface area contributed by atoms with Gasteiger partial charge in [0.15, 0.2) is 0 Å². The van der Waals surface area contributed by atoms with Gasteiger partial charge in [-0.1, -0.05) is 18.8 Å². The maximum Gasteiger partial charge on any atom is 0.132 e. The van der Waals surface area contributed by atoms with Gasteiger partial charge in [-0.2, -0.15) is 0 Å². The quantitative estimate of drug-likeness (QED) is 0.564. The monoisotopic (exact) mass is 244 g/mol. The van der Waals surface area contributed by atoms with Crippen LogP contribution in [0.4, 0.5) is 0 Å². The Balaban J connectivity index is 2.26. The molecule has 1 aromatic rings. The lowest BCUT2D eigenvalue weighted by Gasteiger charge is -1.97. The van der Waals surface area contributed by atoms with Crippen LogP contribution in [0, 0.1) is 11.8 Å². The van der Waals surface area contributed by atoms with Crippen molar-refractivity contribution in [2.75, 3.05) is 7.11 Å². The van der Waals surface area contributed by atoms with E-state index in [9.17, 15) is 4.79 Å². The van der Waals surface area contributed by atoms with E-state index in [2.05, 4.69) is 11.8 Å². The fraction of sp³-hybridized carbons (Fsp3) is 0.438. The van der Waals surface area contributed by atoms with E-state index < -0.39 is 0 Å². The number of hydrogen-bond donors (Lipinski definition) is 0. The van der Waals surface area contributed by atoms with Crippen molar-refractivity contribution in [3.05, 3.63) is 29.8 Å². The lowest BCUT2D eigenvalue weighted by molar-refractivity contribution is -0.118. The van der Waals surface area contributed by atoms with E-state index in [0.29, 0.717) is 18.6 Å². The van der Waals surface area contributed by atoms with Crippen molar-refractivity contribution < 1.29 is 9.53 Å². The number of benzene rings is 1. The number of hydrogen-bond acceptors (Lipinski definition) is 2. The summed E-state index contributed by atoms with van der Waals surface area (Å²) in [5.41, 5.74) is 1.00. The van der Waals surface area contributed by atoms with Gasteiger partial charge in [0.25, 0.3) is 0 Å². The van der Waals surface area contributed by atoms with Gasteiger partial charge < -0.3 is 4.74 Å². The van der Waals surface area contributed by atoms with Crippen LogP contribution in [-0.2, 0) is 4.79 Å². The Bertz CT molecular complexity index is 421. The van der Waals surface area contributed by atoms with Crippen LogP contribution >= 0.6 is 0 Å². The van der Waals surface area contributed by atoms with Gasteiger partial charge in [0.05, 0.1) is 7.11 Å². The topological polar surface area (TPSA) is 26.3 Å². The van der Waals surface area contributed by atoms with E-state index in [0.717, 1.165) is 30.6 Å². The lowest BCUT2D eigenvalue weighted by Crippen LogP contribution is -1.93. The molecule has 0 heterocycles. The number of carbonyl (C=O) groups excluding carboxylic acids is 1. The summed E-state index contributed by atoms with van der Waals surface area (Å²) in [6, 6.07) is 7.72. The van der Waals surface area contributed by atoms with Gasteiger partial charge in [-0.3, -0.25) is 4.79 Å². The smallest absolute Gasteiger partial charge is 0.132 e. The second-order valence-corrected chi connectivity index (χ2v) is 4.13. The zero-order valence-corrected chi connectivity index (χ0v) is 11.2. The SMILES string of the molecule is CCC(=O)CCCCC#Cc1ccc(OC)cc1. The fourth-order valence-corrected chi connectivity index (χ4v) is 1.55. The second-order valence-electron chi connectivity index (χ2n) is 4.13. The Morgan fingerprint density at radius 3 is 2.56 bits per heavy atom. The van der Waals surface area contributed by atoms with Crippen LogP contribution in [0.3, 0.4) is 0 Å². The molecule has 0 N–H and O–H groups in total. The Hall–Kier alpha value is -1.75. The highest BCUT2D eigenvalue weighted by atomic mass is 16.5. The van der Waals surface area contributed by atoms with Crippen LogP contribution in [0.15, 0.2) is 24.3 Å². The molecule has 0 amide bonds. The molecule has 1 rings (SSSR count). The number of methoxy groups -OCH3 is 1. The average Bonchev–Trinajstić information content (AvgIpc) is 2.43. The molecule has 0 spiro atoms. The van der Waals surface area contributed by atoms with Gasteiger partial charge in [-0.05, 0) is 37.1 Å². The van der Waals surface area contributed by atoms with E-state index >= 15 is 0 Å². The molecular formula is C16H20O2.